The molecule has 0 aliphatic heterocycles. The van der Waals surface area contributed by atoms with Crippen molar-refractivity contribution in [2.45, 2.75) is 18.7 Å². The topological polar surface area (TPSA) is 39.7 Å². The molecular formula is C11H24ClNO3. The minimum atomic E-state index is 0.239. The minimum absolute atomic E-state index is 0.239. The average Bonchev–Trinajstić information content (AvgIpc) is 2.25. The zero-order valence-corrected chi connectivity index (χ0v) is 11.1. The maximum absolute atomic E-state index is 5.80. The third kappa shape index (κ3) is 14.1. The first-order valence-corrected chi connectivity index (χ1v) is 6.20. The second-order valence-electron chi connectivity index (χ2n) is 3.54. The molecule has 0 spiro atoms. The lowest BCUT2D eigenvalue weighted by atomic mass is 10.3. The van der Waals surface area contributed by atoms with Crippen LogP contribution in [0.1, 0.15) is 13.3 Å². The van der Waals surface area contributed by atoms with E-state index < -0.39 is 0 Å². The summed E-state index contributed by atoms with van der Waals surface area (Å²) >= 11 is 5.80. The molecule has 5 heteroatoms. The summed E-state index contributed by atoms with van der Waals surface area (Å²) in [5.74, 6) is 0. The Morgan fingerprint density at radius 3 is 2.25 bits per heavy atom. The molecule has 1 atom stereocenters. The van der Waals surface area contributed by atoms with Crippen LogP contribution < -0.4 is 5.32 Å². The second kappa shape index (κ2) is 13.2. The van der Waals surface area contributed by atoms with Crippen LogP contribution in [0, 0.1) is 0 Å². The first-order valence-electron chi connectivity index (χ1n) is 5.76. The number of hydrogen-bond acceptors (Lipinski definition) is 4. The average molecular weight is 254 g/mol. The molecule has 0 heterocycles. The van der Waals surface area contributed by atoms with Gasteiger partial charge in [-0.25, -0.2) is 0 Å². The van der Waals surface area contributed by atoms with Crippen molar-refractivity contribution >= 4 is 11.6 Å². The van der Waals surface area contributed by atoms with Gasteiger partial charge in [-0.05, 0) is 19.9 Å². The summed E-state index contributed by atoms with van der Waals surface area (Å²) < 4.78 is 15.5. The van der Waals surface area contributed by atoms with Crippen molar-refractivity contribution < 1.29 is 14.2 Å². The van der Waals surface area contributed by atoms with Crippen LogP contribution in [-0.4, -0.2) is 58.6 Å². The van der Waals surface area contributed by atoms with Crippen LogP contribution in [0.25, 0.3) is 0 Å². The van der Waals surface area contributed by atoms with E-state index >= 15 is 0 Å². The summed E-state index contributed by atoms with van der Waals surface area (Å²) in [5, 5.41) is 3.50. The van der Waals surface area contributed by atoms with Crippen molar-refractivity contribution in [2.24, 2.45) is 0 Å². The largest absolute Gasteiger partial charge is 0.382 e. The van der Waals surface area contributed by atoms with Gasteiger partial charge in [-0.3, -0.25) is 0 Å². The van der Waals surface area contributed by atoms with Crippen LogP contribution in [0.15, 0.2) is 0 Å². The molecule has 0 saturated carbocycles. The lowest BCUT2D eigenvalue weighted by molar-refractivity contribution is 0.0256. The number of ether oxygens (including phenoxy) is 3. The summed E-state index contributed by atoms with van der Waals surface area (Å²) in [7, 11) is 1.66. The standard InChI is InChI=1S/C11H24ClNO3/c1-11(12)3-4-13-5-6-15-9-10-16-8-7-14-2/h11,13H,3-10H2,1-2H3. The predicted octanol–water partition coefficient (Wildman–Crippen LogP) is 1.27. The van der Waals surface area contributed by atoms with Gasteiger partial charge >= 0.3 is 0 Å². The molecule has 0 aliphatic carbocycles. The molecule has 0 rings (SSSR count). The first-order chi connectivity index (χ1) is 7.77. The Labute approximate surface area is 104 Å². The number of hydrogen-bond donors (Lipinski definition) is 1. The van der Waals surface area contributed by atoms with Gasteiger partial charge in [-0.2, -0.15) is 0 Å². The van der Waals surface area contributed by atoms with Crippen molar-refractivity contribution in [1.29, 1.82) is 0 Å². The Balaban J connectivity index is 2.88. The van der Waals surface area contributed by atoms with E-state index in [1.54, 1.807) is 7.11 Å². The number of methoxy groups -OCH3 is 1. The summed E-state index contributed by atoms with van der Waals surface area (Å²) in [4.78, 5) is 0. The lowest BCUT2D eigenvalue weighted by Crippen LogP contribution is -2.23. The predicted molar refractivity (Wildman–Crippen MR) is 66.3 cm³/mol. The second-order valence-corrected chi connectivity index (χ2v) is 4.28. The van der Waals surface area contributed by atoms with E-state index in [1.807, 2.05) is 6.92 Å². The van der Waals surface area contributed by atoms with Crippen LogP contribution >= 0.6 is 11.6 Å². The van der Waals surface area contributed by atoms with E-state index in [1.165, 1.54) is 0 Å². The van der Waals surface area contributed by atoms with E-state index in [4.69, 9.17) is 25.8 Å². The number of alkyl halides is 1. The molecular weight excluding hydrogens is 230 g/mol. The van der Waals surface area contributed by atoms with Crippen molar-refractivity contribution in [2.75, 3.05) is 53.2 Å². The van der Waals surface area contributed by atoms with Crippen molar-refractivity contribution in [3.05, 3.63) is 0 Å². The molecule has 0 bridgehead atoms. The van der Waals surface area contributed by atoms with Gasteiger partial charge < -0.3 is 19.5 Å². The van der Waals surface area contributed by atoms with Gasteiger partial charge in [-0.15, -0.1) is 11.6 Å². The van der Waals surface area contributed by atoms with Gasteiger partial charge in [0.05, 0.1) is 33.0 Å². The van der Waals surface area contributed by atoms with Crippen LogP contribution in [0.5, 0.6) is 0 Å². The highest BCUT2D eigenvalue weighted by molar-refractivity contribution is 6.20. The molecule has 0 aliphatic rings. The van der Waals surface area contributed by atoms with E-state index in [0.29, 0.717) is 33.0 Å². The van der Waals surface area contributed by atoms with Crippen molar-refractivity contribution in [3.8, 4) is 0 Å². The normalized spacial score (nSPS) is 12.9. The van der Waals surface area contributed by atoms with Gasteiger partial charge in [0.1, 0.15) is 0 Å². The van der Waals surface area contributed by atoms with E-state index in [-0.39, 0.29) is 5.38 Å². The highest BCUT2D eigenvalue weighted by atomic mass is 35.5. The summed E-state index contributed by atoms with van der Waals surface area (Å²) in [6.07, 6.45) is 0.988. The fourth-order valence-corrected chi connectivity index (χ4v) is 1.14. The van der Waals surface area contributed by atoms with Crippen LogP contribution in [0.2, 0.25) is 0 Å². The van der Waals surface area contributed by atoms with Gasteiger partial charge in [0.15, 0.2) is 0 Å². The van der Waals surface area contributed by atoms with E-state index in [2.05, 4.69) is 5.32 Å². The molecule has 0 aromatic carbocycles. The number of nitrogens with one attached hydrogen (secondary N) is 1. The molecule has 98 valence electrons. The molecule has 1 N–H and O–H groups in total. The van der Waals surface area contributed by atoms with E-state index in [0.717, 1.165) is 19.5 Å². The molecule has 16 heavy (non-hydrogen) atoms. The zero-order valence-electron chi connectivity index (χ0n) is 10.3. The Hall–Kier alpha value is 0.130. The van der Waals surface area contributed by atoms with Gasteiger partial charge in [-0.1, -0.05) is 0 Å². The van der Waals surface area contributed by atoms with Crippen LogP contribution in [0.4, 0.5) is 0 Å². The molecule has 1 unspecified atom stereocenters. The van der Waals surface area contributed by atoms with Gasteiger partial charge in [0, 0.05) is 19.0 Å². The number of rotatable bonds is 12. The monoisotopic (exact) mass is 253 g/mol. The number of halogens is 1. The molecule has 0 radical (unpaired) electrons. The zero-order chi connectivity index (χ0) is 12.1. The molecule has 4 nitrogen and oxygen atoms in total. The van der Waals surface area contributed by atoms with Crippen molar-refractivity contribution in [1.82, 2.24) is 5.32 Å². The molecule has 0 aromatic heterocycles. The highest BCUT2D eigenvalue weighted by Crippen LogP contribution is 1.96. The molecule has 0 fully saturated rings. The van der Waals surface area contributed by atoms with Crippen LogP contribution in [-0.2, 0) is 14.2 Å². The summed E-state index contributed by atoms with van der Waals surface area (Å²) in [6, 6.07) is 0. The molecule has 0 aromatic rings. The SMILES string of the molecule is COCCOCCOCCNCCC(C)Cl. The fraction of sp³-hybridized carbons (Fsp3) is 1.00. The Bertz CT molecular complexity index is 136. The fourth-order valence-electron chi connectivity index (χ4n) is 1.03. The summed E-state index contributed by atoms with van der Waals surface area (Å²) in [5.41, 5.74) is 0. The summed E-state index contributed by atoms with van der Waals surface area (Å²) in [6.45, 7) is 7.05. The molecule has 0 amide bonds. The third-order valence-corrected chi connectivity index (χ3v) is 2.16. The lowest BCUT2D eigenvalue weighted by Gasteiger charge is -2.07. The molecule has 0 saturated heterocycles. The highest BCUT2D eigenvalue weighted by Gasteiger charge is 1.95. The Morgan fingerprint density at radius 2 is 1.62 bits per heavy atom. The smallest absolute Gasteiger partial charge is 0.0701 e. The van der Waals surface area contributed by atoms with E-state index in [9.17, 15) is 0 Å². The van der Waals surface area contributed by atoms with Crippen LogP contribution in [0.3, 0.4) is 0 Å². The minimum Gasteiger partial charge on any atom is -0.382 e. The maximum Gasteiger partial charge on any atom is 0.0701 e. The van der Waals surface area contributed by atoms with Gasteiger partial charge in [0.25, 0.3) is 0 Å². The Morgan fingerprint density at radius 1 is 1.00 bits per heavy atom. The quantitative estimate of drug-likeness (QED) is 0.420. The Kier molecular flexibility index (Phi) is 13.3. The first kappa shape index (κ1) is 16.1. The van der Waals surface area contributed by atoms with Crippen molar-refractivity contribution in [3.63, 3.8) is 0 Å². The maximum atomic E-state index is 5.80. The third-order valence-electron chi connectivity index (χ3n) is 1.95. The van der Waals surface area contributed by atoms with Gasteiger partial charge in [0.2, 0.25) is 0 Å².